The average molecular weight is 432 g/mol. The molecule has 2 N–H and O–H groups in total. The van der Waals surface area contributed by atoms with E-state index in [9.17, 15) is 9.59 Å². The Balaban J connectivity index is 1.19. The average Bonchev–Trinajstić information content (AvgIpc) is 3.36. The van der Waals surface area contributed by atoms with E-state index in [1.807, 2.05) is 59.5 Å². The molecule has 0 spiro atoms. The van der Waals surface area contributed by atoms with Gasteiger partial charge < -0.3 is 20.3 Å². The molecule has 166 valence electrons. The summed E-state index contributed by atoms with van der Waals surface area (Å²) in [5.41, 5.74) is 1.70. The lowest BCUT2D eigenvalue weighted by atomic mass is 10.1. The molecular formula is C26H29N3O3. The Bertz CT molecular complexity index is 1070. The third-order valence-electron chi connectivity index (χ3n) is 5.62. The molecule has 3 aromatic carbocycles. The predicted octanol–water partition coefficient (Wildman–Crippen LogP) is 4.94. The van der Waals surface area contributed by atoms with Crippen molar-refractivity contribution >= 4 is 28.4 Å². The molecule has 4 rings (SSSR count). The smallest absolute Gasteiger partial charge is 0.321 e. The van der Waals surface area contributed by atoms with Crippen LogP contribution in [-0.2, 0) is 11.3 Å². The summed E-state index contributed by atoms with van der Waals surface area (Å²) in [4.78, 5) is 26.3. The molecule has 0 bridgehead atoms. The Labute approximate surface area is 188 Å². The number of likely N-dealkylation sites (tertiary alicyclic amines) is 1. The van der Waals surface area contributed by atoms with Crippen LogP contribution in [0.2, 0.25) is 0 Å². The summed E-state index contributed by atoms with van der Waals surface area (Å²) in [5.74, 6) is 0.828. The fraction of sp³-hybridized carbons (Fsp3) is 0.308. The van der Waals surface area contributed by atoms with Crippen LogP contribution in [0.1, 0.15) is 31.2 Å². The van der Waals surface area contributed by atoms with Crippen LogP contribution in [0.5, 0.6) is 5.75 Å². The summed E-state index contributed by atoms with van der Waals surface area (Å²) in [6, 6.07) is 21.6. The summed E-state index contributed by atoms with van der Waals surface area (Å²) >= 11 is 0. The van der Waals surface area contributed by atoms with Crippen LogP contribution in [0.15, 0.2) is 66.7 Å². The van der Waals surface area contributed by atoms with Crippen LogP contribution < -0.4 is 15.4 Å². The van der Waals surface area contributed by atoms with Crippen LogP contribution in [0.25, 0.3) is 10.8 Å². The van der Waals surface area contributed by atoms with Crippen molar-refractivity contribution in [2.75, 3.05) is 25.0 Å². The topological polar surface area (TPSA) is 70.7 Å². The van der Waals surface area contributed by atoms with Crippen LogP contribution in [-0.4, -0.2) is 36.5 Å². The van der Waals surface area contributed by atoms with E-state index in [4.69, 9.17) is 4.74 Å². The Morgan fingerprint density at radius 1 is 0.938 bits per heavy atom. The molecule has 3 amide bonds. The lowest BCUT2D eigenvalue weighted by Gasteiger charge is -2.16. The van der Waals surface area contributed by atoms with Crippen molar-refractivity contribution in [3.8, 4) is 5.75 Å². The van der Waals surface area contributed by atoms with Crippen molar-refractivity contribution in [3.05, 3.63) is 72.3 Å². The number of hydrogen-bond acceptors (Lipinski definition) is 3. The third-order valence-corrected chi connectivity index (χ3v) is 5.62. The van der Waals surface area contributed by atoms with E-state index >= 15 is 0 Å². The van der Waals surface area contributed by atoms with Gasteiger partial charge in [-0.1, -0.05) is 48.5 Å². The Morgan fingerprint density at radius 2 is 1.72 bits per heavy atom. The number of nitrogens with one attached hydrogen (secondary N) is 2. The van der Waals surface area contributed by atoms with Gasteiger partial charge in [0.2, 0.25) is 5.91 Å². The quantitative estimate of drug-likeness (QED) is 0.496. The Kier molecular flexibility index (Phi) is 7.23. The van der Waals surface area contributed by atoms with Crippen LogP contribution in [0.4, 0.5) is 10.5 Å². The highest BCUT2D eigenvalue weighted by atomic mass is 16.5. The molecule has 6 nitrogen and oxygen atoms in total. The number of amides is 3. The van der Waals surface area contributed by atoms with Gasteiger partial charge in [-0.05, 0) is 48.4 Å². The molecule has 1 aliphatic heterocycles. The van der Waals surface area contributed by atoms with Crippen LogP contribution in [0, 0.1) is 0 Å². The third kappa shape index (κ3) is 5.78. The summed E-state index contributed by atoms with van der Waals surface area (Å²) in [5, 5.41) is 8.11. The molecular weight excluding hydrogens is 402 g/mol. The number of carbonyl (C=O) groups excluding carboxylic acids is 2. The first-order valence-corrected chi connectivity index (χ1v) is 11.2. The first-order chi connectivity index (χ1) is 15.7. The predicted molar refractivity (Wildman–Crippen MR) is 127 cm³/mol. The fourth-order valence-electron chi connectivity index (χ4n) is 3.91. The van der Waals surface area contributed by atoms with Gasteiger partial charge in [-0.3, -0.25) is 4.79 Å². The van der Waals surface area contributed by atoms with Crippen molar-refractivity contribution in [1.29, 1.82) is 0 Å². The Morgan fingerprint density at radius 3 is 2.59 bits per heavy atom. The van der Waals surface area contributed by atoms with Gasteiger partial charge in [-0.15, -0.1) is 0 Å². The van der Waals surface area contributed by atoms with Crippen LogP contribution in [0.3, 0.4) is 0 Å². The van der Waals surface area contributed by atoms with Crippen molar-refractivity contribution in [1.82, 2.24) is 10.2 Å². The van der Waals surface area contributed by atoms with E-state index in [0.717, 1.165) is 53.7 Å². The maximum absolute atomic E-state index is 12.2. The van der Waals surface area contributed by atoms with E-state index in [1.54, 1.807) is 0 Å². The molecule has 1 saturated heterocycles. The molecule has 0 aromatic heterocycles. The van der Waals surface area contributed by atoms with Crippen molar-refractivity contribution < 1.29 is 14.3 Å². The number of carbonyl (C=O) groups is 2. The van der Waals surface area contributed by atoms with E-state index in [2.05, 4.69) is 22.8 Å². The highest BCUT2D eigenvalue weighted by Gasteiger charge is 2.17. The second-order valence-corrected chi connectivity index (χ2v) is 8.03. The maximum Gasteiger partial charge on any atom is 0.321 e. The van der Waals surface area contributed by atoms with Gasteiger partial charge in [0.1, 0.15) is 5.75 Å². The van der Waals surface area contributed by atoms with E-state index < -0.39 is 0 Å². The summed E-state index contributed by atoms with van der Waals surface area (Å²) in [6.45, 7) is 2.54. The molecule has 0 radical (unpaired) electrons. The lowest BCUT2D eigenvalue weighted by Crippen LogP contribution is -2.32. The molecule has 0 atom stereocenters. The van der Waals surface area contributed by atoms with E-state index in [0.29, 0.717) is 26.0 Å². The number of hydrogen-bond donors (Lipinski definition) is 2. The highest BCUT2D eigenvalue weighted by molar-refractivity contribution is 5.89. The minimum absolute atomic E-state index is 0.0157. The normalized spacial score (nSPS) is 13.2. The van der Waals surface area contributed by atoms with Gasteiger partial charge in [-0.25, -0.2) is 4.79 Å². The van der Waals surface area contributed by atoms with Crippen molar-refractivity contribution in [2.45, 2.75) is 32.2 Å². The molecule has 1 heterocycles. The number of ether oxygens (including phenoxy) is 1. The number of urea groups is 1. The first kappa shape index (κ1) is 21.7. The monoisotopic (exact) mass is 431 g/mol. The highest BCUT2D eigenvalue weighted by Crippen LogP contribution is 2.25. The maximum atomic E-state index is 12.2. The van der Waals surface area contributed by atoms with Gasteiger partial charge in [0.05, 0.1) is 6.61 Å². The number of nitrogens with zero attached hydrogens (tertiary/aromatic N) is 1. The lowest BCUT2D eigenvalue weighted by molar-refractivity contribution is -0.121. The summed E-state index contributed by atoms with van der Waals surface area (Å²) in [6.07, 6.45) is 3.16. The minimum Gasteiger partial charge on any atom is -0.493 e. The van der Waals surface area contributed by atoms with E-state index in [-0.39, 0.29) is 11.9 Å². The summed E-state index contributed by atoms with van der Waals surface area (Å²) < 4.78 is 5.90. The van der Waals surface area contributed by atoms with Gasteiger partial charge >= 0.3 is 6.03 Å². The molecule has 1 aliphatic rings. The largest absolute Gasteiger partial charge is 0.493 e. The van der Waals surface area contributed by atoms with Gasteiger partial charge in [0.25, 0.3) is 0 Å². The fourth-order valence-corrected chi connectivity index (χ4v) is 3.91. The first-order valence-electron chi connectivity index (χ1n) is 11.2. The minimum atomic E-state index is -0.0603. The van der Waals surface area contributed by atoms with Gasteiger partial charge in [-0.2, -0.15) is 0 Å². The molecule has 32 heavy (non-hydrogen) atoms. The van der Waals surface area contributed by atoms with E-state index in [1.165, 1.54) is 0 Å². The Hall–Kier alpha value is -3.54. The molecule has 0 unspecified atom stereocenters. The van der Waals surface area contributed by atoms with Gasteiger partial charge in [0, 0.05) is 37.1 Å². The zero-order chi connectivity index (χ0) is 22.2. The number of fused-ring (bicyclic) bond motifs is 1. The second kappa shape index (κ2) is 10.7. The molecule has 0 saturated carbocycles. The SMILES string of the molecule is O=C(CCCOc1cccc2ccccc12)NCc1cccc(NC(=O)N2CCCC2)c1. The molecule has 3 aromatic rings. The number of anilines is 1. The standard InChI is InChI=1S/C26H29N3O3/c30-25(14-7-17-32-24-13-6-10-21-9-1-2-12-23(21)24)27-19-20-8-5-11-22(18-20)28-26(31)29-15-3-4-16-29/h1-2,5-6,8-13,18H,3-4,7,14-17,19H2,(H,27,30)(H,28,31). The second-order valence-electron chi connectivity index (χ2n) is 8.03. The molecule has 6 heteroatoms. The molecule has 0 aliphatic carbocycles. The molecule has 1 fully saturated rings. The van der Waals surface area contributed by atoms with Crippen molar-refractivity contribution in [2.24, 2.45) is 0 Å². The number of rotatable bonds is 8. The summed E-state index contributed by atoms with van der Waals surface area (Å²) in [7, 11) is 0. The van der Waals surface area contributed by atoms with Crippen molar-refractivity contribution in [3.63, 3.8) is 0 Å². The van der Waals surface area contributed by atoms with Gasteiger partial charge in [0.15, 0.2) is 0 Å². The van der Waals surface area contributed by atoms with Crippen LogP contribution >= 0.6 is 0 Å². The zero-order valence-electron chi connectivity index (χ0n) is 18.2. The number of benzene rings is 3. The zero-order valence-corrected chi connectivity index (χ0v) is 18.2.